The van der Waals surface area contributed by atoms with E-state index in [4.69, 9.17) is 4.74 Å². The molecule has 114 valence electrons. The molecule has 1 aliphatic heterocycles. The van der Waals surface area contributed by atoms with Gasteiger partial charge < -0.3 is 15.2 Å². The van der Waals surface area contributed by atoms with E-state index >= 15 is 0 Å². The maximum atomic E-state index is 12.5. The lowest BCUT2D eigenvalue weighted by Gasteiger charge is -2.29. The molecular formula is C17H23NO3. The number of fused-ring (bicyclic) bond motifs is 1. The van der Waals surface area contributed by atoms with E-state index in [0.29, 0.717) is 13.0 Å². The van der Waals surface area contributed by atoms with Crippen molar-refractivity contribution in [2.45, 2.75) is 50.2 Å². The van der Waals surface area contributed by atoms with Crippen molar-refractivity contribution >= 4 is 5.91 Å². The lowest BCUT2D eigenvalue weighted by atomic mass is 9.82. The molecule has 1 amide bonds. The van der Waals surface area contributed by atoms with Gasteiger partial charge in [0.2, 0.25) is 5.91 Å². The number of carbonyl (C=O) groups excluding carboxylic acids is 1. The van der Waals surface area contributed by atoms with Gasteiger partial charge in [0, 0.05) is 19.6 Å². The van der Waals surface area contributed by atoms with E-state index in [1.54, 1.807) is 0 Å². The molecule has 3 unspecified atom stereocenters. The molecule has 1 aliphatic carbocycles. The molecule has 21 heavy (non-hydrogen) atoms. The Bertz CT molecular complexity index is 531. The minimum atomic E-state index is -0.927. The van der Waals surface area contributed by atoms with Crippen LogP contribution in [0.1, 0.15) is 43.2 Å². The molecule has 0 bridgehead atoms. The Labute approximate surface area is 125 Å². The van der Waals surface area contributed by atoms with Crippen molar-refractivity contribution < 1.29 is 14.6 Å². The topological polar surface area (TPSA) is 58.6 Å². The summed E-state index contributed by atoms with van der Waals surface area (Å²) in [7, 11) is 0. The summed E-state index contributed by atoms with van der Waals surface area (Å²) in [5, 5.41) is 13.4. The molecule has 2 N–H and O–H groups in total. The fourth-order valence-electron chi connectivity index (χ4n) is 3.39. The van der Waals surface area contributed by atoms with Gasteiger partial charge in [0.05, 0.1) is 12.0 Å². The normalized spacial score (nSPS) is 31.7. The van der Waals surface area contributed by atoms with Gasteiger partial charge in [0.1, 0.15) is 5.60 Å². The molecular weight excluding hydrogens is 266 g/mol. The highest BCUT2D eigenvalue weighted by Crippen LogP contribution is 2.32. The van der Waals surface area contributed by atoms with E-state index in [2.05, 4.69) is 17.4 Å². The molecule has 4 nitrogen and oxygen atoms in total. The first kappa shape index (κ1) is 14.5. The van der Waals surface area contributed by atoms with Crippen LogP contribution in [0.25, 0.3) is 0 Å². The fourth-order valence-corrected chi connectivity index (χ4v) is 3.39. The first-order chi connectivity index (χ1) is 10.1. The summed E-state index contributed by atoms with van der Waals surface area (Å²) in [5.74, 6) is -0.0640. The van der Waals surface area contributed by atoms with Gasteiger partial charge in [-0.1, -0.05) is 24.3 Å². The zero-order valence-corrected chi connectivity index (χ0v) is 12.5. The smallest absolute Gasteiger partial charge is 0.227 e. The lowest BCUT2D eigenvalue weighted by Crippen LogP contribution is -2.48. The van der Waals surface area contributed by atoms with Crippen LogP contribution in [0.3, 0.4) is 0 Å². The Kier molecular flexibility index (Phi) is 4.00. The third-order valence-electron chi connectivity index (χ3n) is 4.91. The minimum Gasteiger partial charge on any atom is -0.385 e. The maximum absolute atomic E-state index is 12.5. The standard InChI is InChI=1S/C17H23NO3/c1-12-17(20,9-10-21-12)11-18-16(19)15-8-4-6-13-5-2-3-7-14(13)15/h2-3,5,7,12,15,20H,4,6,8-11H2,1H3,(H,18,19). The fraction of sp³-hybridized carbons (Fsp3) is 0.588. The van der Waals surface area contributed by atoms with E-state index in [9.17, 15) is 9.90 Å². The molecule has 4 heteroatoms. The summed E-state index contributed by atoms with van der Waals surface area (Å²) in [6.07, 6.45) is 3.33. The zero-order chi connectivity index (χ0) is 14.9. The number of aliphatic hydroxyl groups is 1. The second-order valence-corrected chi connectivity index (χ2v) is 6.23. The predicted molar refractivity (Wildman–Crippen MR) is 80.1 cm³/mol. The van der Waals surface area contributed by atoms with Crippen molar-refractivity contribution in [3.63, 3.8) is 0 Å². The number of rotatable bonds is 3. The van der Waals surface area contributed by atoms with Crippen molar-refractivity contribution in [3.8, 4) is 0 Å². The van der Waals surface area contributed by atoms with E-state index in [0.717, 1.165) is 24.8 Å². The Hall–Kier alpha value is -1.39. The van der Waals surface area contributed by atoms with E-state index in [1.165, 1.54) is 5.56 Å². The lowest BCUT2D eigenvalue weighted by molar-refractivity contribution is -0.124. The summed E-state index contributed by atoms with van der Waals surface area (Å²) in [4.78, 5) is 12.5. The van der Waals surface area contributed by atoms with Crippen LogP contribution in [-0.4, -0.2) is 35.9 Å². The number of nitrogens with one attached hydrogen (secondary N) is 1. The molecule has 1 fully saturated rings. The van der Waals surface area contributed by atoms with Crippen LogP contribution >= 0.6 is 0 Å². The first-order valence-electron chi connectivity index (χ1n) is 7.80. The summed E-state index contributed by atoms with van der Waals surface area (Å²) >= 11 is 0. The average molecular weight is 289 g/mol. The highest BCUT2D eigenvalue weighted by Gasteiger charge is 2.40. The largest absolute Gasteiger partial charge is 0.385 e. The monoisotopic (exact) mass is 289 g/mol. The Morgan fingerprint density at radius 2 is 2.29 bits per heavy atom. The van der Waals surface area contributed by atoms with Crippen molar-refractivity contribution in [3.05, 3.63) is 35.4 Å². The number of benzene rings is 1. The van der Waals surface area contributed by atoms with Crippen LogP contribution in [0, 0.1) is 0 Å². The van der Waals surface area contributed by atoms with Crippen molar-refractivity contribution in [1.29, 1.82) is 0 Å². The molecule has 3 rings (SSSR count). The SMILES string of the molecule is CC1OCCC1(O)CNC(=O)C1CCCc2ccccc21. The molecule has 0 saturated carbocycles. The second-order valence-electron chi connectivity index (χ2n) is 6.23. The third-order valence-corrected chi connectivity index (χ3v) is 4.91. The molecule has 3 atom stereocenters. The molecule has 2 aliphatic rings. The van der Waals surface area contributed by atoms with E-state index < -0.39 is 5.60 Å². The van der Waals surface area contributed by atoms with Crippen LogP contribution < -0.4 is 5.32 Å². The second kappa shape index (κ2) is 5.78. The molecule has 1 aromatic rings. The van der Waals surface area contributed by atoms with Gasteiger partial charge in [-0.3, -0.25) is 4.79 Å². The van der Waals surface area contributed by atoms with Crippen LogP contribution in [0.4, 0.5) is 0 Å². The zero-order valence-electron chi connectivity index (χ0n) is 12.5. The molecule has 0 radical (unpaired) electrons. The van der Waals surface area contributed by atoms with Gasteiger partial charge in [-0.25, -0.2) is 0 Å². The Morgan fingerprint density at radius 3 is 3.05 bits per heavy atom. The van der Waals surface area contributed by atoms with Gasteiger partial charge in [-0.15, -0.1) is 0 Å². The molecule has 1 heterocycles. The van der Waals surface area contributed by atoms with Gasteiger partial charge >= 0.3 is 0 Å². The van der Waals surface area contributed by atoms with Crippen LogP contribution in [0.15, 0.2) is 24.3 Å². The molecule has 0 spiro atoms. The molecule has 1 saturated heterocycles. The van der Waals surface area contributed by atoms with Gasteiger partial charge in [0.15, 0.2) is 0 Å². The highest BCUT2D eigenvalue weighted by atomic mass is 16.5. The van der Waals surface area contributed by atoms with Crippen LogP contribution in [0.2, 0.25) is 0 Å². The van der Waals surface area contributed by atoms with Crippen LogP contribution in [0.5, 0.6) is 0 Å². The minimum absolute atomic E-state index is 0.0228. The first-order valence-corrected chi connectivity index (χ1v) is 7.80. The number of hydrogen-bond donors (Lipinski definition) is 2. The average Bonchev–Trinajstić information content (AvgIpc) is 2.84. The molecule has 0 aromatic heterocycles. The number of ether oxygens (including phenoxy) is 1. The third kappa shape index (κ3) is 2.83. The molecule has 1 aromatic carbocycles. The van der Waals surface area contributed by atoms with Gasteiger partial charge in [-0.05, 0) is 37.3 Å². The van der Waals surface area contributed by atoms with Gasteiger partial charge in [0.25, 0.3) is 0 Å². The predicted octanol–water partition coefficient (Wildman–Crippen LogP) is 1.76. The van der Waals surface area contributed by atoms with Crippen molar-refractivity contribution in [2.24, 2.45) is 0 Å². The Morgan fingerprint density at radius 1 is 1.48 bits per heavy atom. The van der Waals surface area contributed by atoms with Crippen molar-refractivity contribution in [1.82, 2.24) is 5.32 Å². The highest BCUT2D eigenvalue weighted by molar-refractivity contribution is 5.84. The number of hydrogen-bond acceptors (Lipinski definition) is 3. The van der Waals surface area contributed by atoms with Gasteiger partial charge in [-0.2, -0.15) is 0 Å². The number of aryl methyl sites for hydroxylation is 1. The quantitative estimate of drug-likeness (QED) is 0.891. The van der Waals surface area contributed by atoms with E-state index in [-0.39, 0.29) is 24.5 Å². The summed E-state index contributed by atoms with van der Waals surface area (Å²) in [6, 6.07) is 8.17. The number of carbonyl (C=O) groups is 1. The summed E-state index contributed by atoms with van der Waals surface area (Å²) in [6.45, 7) is 2.68. The number of amides is 1. The summed E-state index contributed by atoms with van der Waals surface area (Å²) in [5.41, 5.74) is 1.49. The summed E-state index contributed by atoms with van der Waals surface area (Å²) < 4.78 is 5.40. The maximum Gasteiger partial charge on any atom is 0.227 e. The van der Waals surface area contributed by atoms with Crippen LogP contribution in [-0.2, 0) is 16.0 Å². The van der Waals surface area contributed by atoms with Crippen molar-refractivity contribution in [2.75, 3.05) is 13.2 Å². The van der Waals surface area contributed by atoms with E-state index in [1.807, 2.05) is 19.1 Å². The Balaban J connectivity index is 1.67.